The first-order valence-corrected chi connectivity index (χ1v) is 9.55. The molecule has 5 rings (SSSR count). The summed E-state index contributed by atoms with van der Waals surface area (Å²) in [5, 5.41) is 6.14. The number of benzene rings is 2. The normalized spacial score (nSPS) is 13.5. The topological polar surface area (TPSA) is 83.8 Å². The van der Waals surface area contributed by atoms with Gasteiger partial charge in [-0.25, -0.2) is 4.98 Å². The first-order chi connectivity index (χ1) is 13.6. The second-order valence-electron chi connectivity index (χ2n) is 6.51. The second kappa shape index (κ2) is 6.28. The molecule has 1 N–H and O–H groups in total. The molecule has 138 valence electrons. The van der Waals surface area contributed by atoms with Crippen molar-refractivity contribution in [1.82, 2.24) is 19.6 Å². The van der Waals surface area contributed by atoms with Crippen molar-refractivity contribution < 1.29 is 14.4 Å². The lowest BCUT2D eigenvalue weighted by Crippen LogP contribution is -2.46. The van der Waals surface area contributed by atoms with Crippen molar-refractivity contribution in [3.63, 3.8) is 0 Å². The van der Waals surface area contributed by atoms with Gasteiger partial charge in [-0.1, -0.05) is 24.3 Å². The predicted octanol–water partition coefficient (Wildman–Crippen LogP) is 2.46. The molecule has 4 aromatic rings. The number of rotatable bonds is 4. The Balaban J connectivity index is 1.35. The highest BCUT2D eigenvalue weighted by atomic mass is 32.1. The van der Waals surface area contributed by atoms with E-state index in [4.69, 9.17) is 0 Å². The number of thiazole rings is 1. The van der Waals surface area contributed by atoms with Gasteiger partial charge in [-0.2, -0.15) is 0 Å². The van der Waals surface area contributed by atoms with E-state index in [9.17, 15) is 14.4 Å². The molecule has 3 heterocycles. The van der Waals surface area contributed by atoms with Crippen molar-refractivity contribution in [2.24, 2.45) is 0 Å². The molecule has 0 aliphatic carbocycles. The number of fused-ring (bicyclic) bond motifs is 1. The van der Waals surface area contributed by atoms with E-state index in [0.717, 1.165) is 15.2 Å². The molecule has 0 saturated heterocycles. The van der Waals surface area contributed by atoms with Crippen LogP contribution in [0.15, 0.2) is 54.2 Å². The molecule has 1 aliphatic heterocycles. The van der Waals surface area contributed by atoms with Gasteiger partial charge in [-0.3, -0.25) is 23.7 Å². The molecule has 0 atom stereocenters. The van der Waals surface area contributed by atoms with Gasteiger partial charge < -0.3 is 5.32 Å². The number of amides is 3. The van der Waals surface area contributed by atoms with Crippen LogP contribution in [0.3, 0.4) is 0 Å². The van der Waals surface area contributed by atoms with Gasteiger partial charge in [0.2, 0.25) is 5.91 Å². The number of carbonyl (C=O) groups excluding carboxylic acids is 3. The first-order valence-electron chi connectivity index (χ1n) is 8.67. The van der Waals surface area contributed by atoms with Crippen molar-refractivity contribution in [3.05, 3.63) is 71.0 Å². The molecule has 2 aromatic carbocycles. The van der Waals surface area contributed by atoms with Gasteiger partial charge in [-0.15, -0.1) is 11.3 Å². The minimum atomic E-state index is -0.452. The fraction of sp³-hybridized carbons (Fsp3) is 0.100. The van der Waals surface area contributed by atoms with E-state index in [-0.39, 0.29) is 13.1 Å². The average Bonchev–Trinajstić information content (AvgIpc) is 3.29. The maximum atomic E-state index is 12.8. The van der Waals surface area contributed by atoms with Crippen LogP contribution in [0.5, 0.6) is 0 Å². The van der Waals surface area contributed by atoms with Crippen molar-refractivity contribution in [3.8, 4) is 0 Å². The van der Waals surface area contributed by atoms with Crippen LogP contribution in [0.25, 0.3) is 15.7 Å². The molecule has 3 amide bonds. The van der Waals surface area contributed by atoms with Crippen molar-refractivity contribution in [2.45, 2.75) is 6.54 Å². The van der Waals surface area contributed by atoms with Crippen LogP contribution in [-0.2, 0) is 11.3 Å². The molecule has 0 unspecified atom stereocenters. The molecular weight excluding hydrogens is 376 g/mol. The van der Waals surface area contributed by atoms with Crippen LogP contribution >= 0.6 is 11.3 Å². The Morgan fingerprint density at radius 3 is 2.46 bits per heavy atom. The Bertz CT molecular complexity index is 1190. The molecule has 0 fully saturated rings. The maximum absolute atomic E-state index is 12.8. The average molecular weight is 390 g/mol. The number of imidazole rings is 1. The lowest BCUT2D eigenvalue weighted by molar-refractivity contribution is -0.121. The van der Waals surface area contributed by atoms with Gasteiger partial charge in [0.15, 0.2) is 4.96 Å². The van der Waals surface area contributed by atoms with Gasteiger partial charge in [0.25, 0.3) is 11.8 Å². The van der Waals surface area contributed by atoms with Gasteiger partial charge in [-0.05, 0) is 17.5 Å². The zero-order chi connectivity index (χ0) is 19.3. The van der Waals surface area contributed by atoms with E-state index in [0.29, 0.717) is 22.2 Å². The third kappa shape index (κ3) is 2.57. The van der Waals surface area contributed by atoms with E-state index < -0.39 is 17.7 Å². The number of nitrogens with one attached hydrogen (secondary N) is 1. The second-order valence-corrected chi connectivity index (χ2v) is 7.38. The first kappa shape index (κ1) is 16.6. The number of imide groups is 1. The highest BCUT2D eigenvalue weighted by Gasteiger charge is 2.33. The fourth-order valence-corrected chi connectivity index (χ4v) is 4.19. The molecule has 7 nitrogen and oxygen atoms in total. The van der Waals surface area contributed by atoms with Gasteiger partial charge in [0.1, 0.15) is 6.54 Å². The number of nitrogens with zero attached hydrogens (tertiary/aromatic N) is 3. The maximum Gasteiger partial charge on any atom is 0.261 e. The Labute approximate surface area is 163 Å². The van der Waals surface area contributed by atoms with E-state index in [1.54, 1.807) is 24.3 Å². The quantitative estimate of drug-likeness (QED) is 0.543. The van der Waals surface area contributed by atoms with Gasteiger partial charge >= 0.3 is 0 Å². The summed E-state index contributed by atoms with van der Waals surface area (Å²) in [5.74, 6) is -1.32. The molecule has 28 heavy (non-hydrogen) atoms. The molecule has 0 spiro atoms. The Hall–Kier alpha value is -3.52. The van der Waals surface area contributed by atoms with E-state index in [1.807, 2.05) is 34.3 Å². The molecule has 2 aromatic heterocycles. The highest BCUT2D eigenvalue weighted by molar-refractivity contribution is 7.15. The minimum absolute atomic E-state index is 0.232. The molecule has 0 bridgehead atoms. The molecular formula is C20H14N4O3S. The number of aromatic nitrogens is 2. The van der Waals surface area contributed by atoms with E-state index in [1.165, 1.54) is 11.3 Å². The third-order valence-corrected chi connectivity index (χ3v) is 5.54. The third-order valence-electron chi connectivity index (χ3n) is 4.77. The predicted molar refractivity (Wildman–Crippen MR) is 104 cm³/mol. The zero-order valence-electron chi connectivity index (χ0n) is 14.6. The van der Waals surface area contributed by atoms with Crippen molar-refractivity contribution in [1.29, 1.82) is 0 Å². The highest BCUT2D eigenvalue weighted by Crippen LogP contribution is 2.29. The monoisotopic (exact) mass is 390 g/mol. The minimum Gasteiger partial charge on any atom is -0.349 e. The SMILES string of the molecule is O=C(CN1C(=O)c2cccc3cccc(c23)C1=O)NCc1cn2ccsc2n1. The Kier molecular flexibility index (Phi) is 3.73. The van der Waals surface area contributed by atoms with Crippen molar-refractivity contribution >= 4 is 44.8 Å². The Morgan fingerprint density at radius 1 is 1.07 bits per heavy atom. The fourth-order valence-electron chi connectivity index (χ4n) is 3.47. The number of carbonyl (C=O) groups is 3. The van der Waals surface area contributed by atoms with Crippen molar-refractivity contribution in [2.75, 3.05) is 6.54 Å². The summed E-state index contributed by atoms with van der Waals surface area (Å²) in [5.41, 5.74) is 1.59. The largest absolute Gasteiger partial charge is 0.349 e. The van der Waals surface area contributed by atoms with E-state index in [2.05, 4.69) is 10.3 Å². The molecule has 0 saturated carbocycles. The zero-order valence-corrected chi connectivity index (χ0v) is 15.4. The number of hydrogen-bond acceptors (Lipinski definition) is 5. The van der Waals surface area contributed by atoms with Crippen LogP contribution in [0.4, 0.5) is 0 Å². The standard InChI is InChI=1S/C20H14N4O3S/c25-16(21-9-13-10-23-7-8-28-20(23)22-13)11-24-18(26)14-5-1-3-12-4-2-6-15(17(12)14)19(24)27/h1-8,10H,9,11H2,(H,21,25). The molecule has 1 aliphatic rings. The summed E-state index contributed by atoms with van der Waals surface area (Å²) in [6.45, 7) is -0.0970. The summed E-state index contributed by atoms with van der Waals surface area (Å²) >= 11 is 1.50. The lowest BCUT2D eigenvalue weighted by Gasteiger charge is -2.26. The van der Waals surface area contributed by atoms with Crippen LogP contribution in [-0.4, -0.2) is 38.6 Å². The summed E-state index contributed by atoms with van der Waals surface area (Å²) in [4.78, 5) is 44.3. The van der Waals surface area contributed by atoms with E-state index >= 15 is 0 Å². The number of hydrogen-bond donors (Lipinski definition) is 1. The summed E-state index contributed by atoms with van der Waals surface area (Å²) in [7, 11) is 0. The summed E-state index contributed by atoms with van der Waals surface area (Å²) in [6, 6.07) is 10.6. The van der Waals surface area contributed by atoms with Crippen LogP contribution < -0.4 is 5.32 Å². The van der Waals surface area contributed by atoms with Gasteiger partial charge in [0.05, 0.1) is 12.2 Å². The molecule has 8 heteroatoms. The summed E-state index contributed by atoms with van der Waals surface area (Å²) in [6.07, 6.45) is 3.72. The lowest BCUT2D eigenvalue weighted by atomic mass is 9.94. The Morgan fingerprint density at radius 2 is 1.79 bits per heavy atom. The van der Waals surface area contributed by atoms with Crippen LogP contribution in [0.1, 0.15) is 26.4 Å². The van der Waals surface area contributed by atoms with Gasteiger partial charge in [0, 0.05) is 34.3 Å². The smallest absolute Gasteiger partial charge is 0.261 e. The van der Waals surface area contributed by atoms with Crippen LogP contribution in [0.2, 0.25) is 0 Å². The van der Waals surface area contributed by atoms with Crippen LogP contribution in [0, 0.1) is 0 Å². The summed E-state index contributed by atoms with van der Waals surface area (Å²) < 4.78 is 1.88. The molecule has 0 radical (unpaired) electrons.